The Kier molecular flexibility index (Phi) is 2.73. The van der Waals surface area contributed by atoms with Crippen LogP contribution in [0.15, 0.2) is 24.3 Å². The predicted octanol–water partition coefficient (Wildman–Crippen LogP) is 3.44. The number of hydrogen-bond acceptors (Lipinski definition) is 2. The number of anilines is 1. The minimum Gasteiger partial charge on any atom is -0.379 e. The lowest BCUT2D eigenvalue weighted by atomic mass is 9.95. The van der Waals surface area contributed by atoms with Gasteiger partial charge in [-0.15, -0.1) is 0 Å². The van der Waals surface area contributed by atoms with Gasteiger partial charge in [-0.05, 0) is 31.4 Å². The Balaban J connectivity index is 1.81. The van der Waals surface area contributed by atoms with Crippen molar-refractivity contribution in [2.75, 3.05) is 5.32 Å². The van der Waals surface area contributed by atoms with E-state index in [1.807, 2.05) is 0 Å². The molecule has 1 N–H and O–H groups in total. The first-order valence-electron chi connectivity index (χ1n) is 6.12. The zero-order valence-electron chi connectivity index (χ0n) is 9.70. The van der Waals surface area contributed by atoms with Gasteiger partial charge in [-0.2, -0.15) is 13.2 Å². The molecule has 0 aliphatic carbocycles. The summed E-state index contributed by atoms with van der Waals surface area (Å²) in [5, 5.41) is 3.00. The van der Waals surface area contributed by atoms with Crippen molar-refractivity contribution in [1.82, 2.24) is 0 Å². The smallest absolute Gasteiger partial charge is 0.379 e. The van der Waals surface area contributed by atoms with E-state index >= 15 is 0 Å². The molecule has 1 aromatic carbocycles. The van der Waals surface area contributed by atoms with Crippen molar-refractivity contribution in [3.63, 3.8) is 0 Å². The van der Waals surface area contributed by atoms with Crippen LogP contribution < -0.4 is 5.32 Å². The summed E-state index contributed by atoms with van der Waals surface area (Å²) in [5.74, 6) is 0. The van der Waals surface area contributed by atoms with Crippen LogP contribution in [-0.2, 0) is 10.9 Å². The highest BCUT2D eigenvalue weighted by molar-refractivity contribution is 5.53. The third kappa shape index (κ3) is 2.07. The maximum absolute atomic E-state index is 12.8. The minimum absolute atomic E-state index is 0.00671. The number of ether oxygens (including phenoxy) is 1. The molecule has 2 saturated heterocycles. The summed E-state index contributed by atoms with van der Waals surface area (Å²) in [4.78, 5) is 0. The van der Waals surface area contributed by atoms with Crippen molar-refractivity contribution in [1.29, 1.82) is 0 Å². The lowest BCUT2D eigenvalue weighted by Gasteiger charge is -2.23. The van der Waals surface area contributed by atoms with Gasteiger partial charge in [0, 0.05) is 5.69 Å². The zero-order valence-corrected chi connectivity index (χ0v) is 9.70. The number of para-hydroxylation sites is 1. The zero-order chi connectivity index (χ0) is 12.8. The molecule has 0 saturated carbocycles. The van der Waals surface area contributed by atoms with Gasteiger partial charge in [0.05, 0.1) is 23.8 Å². The van der Waals surface area contributed by atoms with Crippen LogP contribution in [0.2, 0.25) is 0 Å². The van der Waals surface area contributed by atoms with Crippen molar-refractivity contribution in [2.45, 2.75) is 43.7 Å². The number of hydrogen-bond donors (Lipinski definition) is 1. The second kappa shape index (κ2) is 4.16. The molecule has 2 heterocycles. The molecule has 3 unspecified atom stereocenters. The van der Waals surface area contributed by atoms with Crippen LogP contribution in [0.25, 0.3) is 0 Å². The number of nitrogens with one attached hydrogen (secondary N) is 1. The first kappa shape index (κ1) is 11.8. The molecule has 2 aliphatic heterocycles. The lowest BCUT2D eigenvalue weighted by Crippen LogP contribution is -2.31. The average Bonchev–Trinajstić information content (AvgIpc) is 2.90. The molecule has 18 heavy (non-hydrogen) atoms. The van der Waals surface area contributed by atoms with Gasteiger partial charge in [-0.3, -0.25) is 0 Å². The van der Waals surface area contributed by atoms with E-state index in [1.165, 1.54) is 12.1 Å². The summed E-state index contributed by atoms with van der Waals surface area (Å²) in [6.45, 7) is 0. The van der Waals surface area contributed by atoms with E-state index in [1.54, 1.807) is 6.07 Å². The maximum atomic E-state index is 12.8. The standard InChI is InChI=1S/C13H14F3NO/c14-13(15,16)9-3-1-2-4-10(9)17-11-7-8-5-6-12(11)18-8/h1-4,8,11-12,17H,5-7H2. The van der Waals surface area contributed by atoms with Gasteiger partial charge in [-0.1, -0.05) is 12.1 Å². The fourth-order valence-corrected chi connectivity index (χ4v) is 2.85. The SMILES string of the molecule is FC(F)(F)c1ccccc1NC1CC2CCC1O2. The first-order valence-corrected chi connectivity index (χ1v) is 6.12. The van der Waals surface area contributed by atoms with E-state index in [4.69, 9.17) is 4.74 Å². The Hall–Kier alpha value is -1.23. The molecule has 0 aromatic heterocycles. The summed E-state index contributed by atoms with van der Waals surface area (Å²) in [5.41, 5.74) is -0.445. The van der Waals surface area contributed by atoms with Crippen molar-refractivity contribution >= 4 is 5.69 Å². The van der Waals surface area contributed by atoms with E-state index in [0.29, 0.717) is 0 Å². The van der Waals surface area contributed by atoms with E-state index in [-0.39, 0.29) is 23.9 Å². The second-order valence-corrected chi connectivity index (χ2v) is 4.90. The number of halogens is 3. The summed E-state index contributed by atoms with van der Waals surface area (Å²) >= 11 is 0. The quantitative estimate of drug-likeness (QED) is 0.876. The lowest BCUT2D eigenvalue weighted by molar-refractivity contribution is -0.137. The average molecular weight is 257 g/mol. The molecule has 98 valence electrons. The third-order valence-electron chi connectivity index (χ3n) is 3.68. The van der Waals surface area contributed by atoms with Crippen LogP contribution in [0.1, 0.15) is 24.8 Å². The molecule has 2 fully saturated rings. The molecule has 2 aliphatic rings. The molecule has 5 heteroatoms. The molecular weight excluding hydrogens is 243 g/mol. The van der Waals surface area contributed by atoms with Crippen molar-refractivity contribution in [2.24, 2.45) is 0 Å². The van der Waals surface area contributed by atoms with Crippen molar-refractivity contribution in [3.05, 3.63) is 29.8 Å². The summed E-state index contributed by atoms with van der Waals surface area (Å²) in [7, 11) is 0. The van der Waals surface area contributed by atoms with Gasteiger partial charge < -0.3 is 10.1 Å². The molecule has 2 bridgehead atoms. The van der Waals surface area contributed by atoms with E-state index < -0.39 is 11.7 Å². The highest BCUT2D eigenvalue weighted by atomic mass is 19.4. The molecule has 0 spiro atoms. The van der Waals surface area contributed by atoms with Gasteiger partial charge in [0.15, 0.2) is 0 Å². The van der Waals surface area contributed by atoms with Crippen LogP contribution in [0.3, 0.4) is 0 Å². The van der Waals surface area contributed by atoms with E-state index in [0.717, 1.165) is 25.3 Å². The molecule has 2 nitrogen and oxygen atoms in total. The van der Waals surface area contributed by atoms with E-state index in [2.05, 4.69) is 5.32 Å². The van der Waals surface area contributed by atoms with Gasteiger partial charge in [0.2, 0.25) is 0 Å². The summed E-state index contributed by atoms with van der Waals surface area (Å²) < 4.78 is 44.2. The van der Waals surface area contributed by atoms with Crippen LogP contribution in [-0.4, -0.2) is 18.2 Å². The predicted molar refractivity (Wildman–Crippen MR) is 61.4 cm³/mol. The van der Waals surface area contributed by atoms with Crippen LogP contribution >= 0.6 is 0 Å². The maximum Gasteiger partial charge on any atom is 0.418 e. The fourth-order valence-electron chi connectivity index (χ4n) is 2.85. The Morgan fingerprint density at radius 1 is 1.17 bits per heavy atom. The molecule has 0 radical (unpaired) electrons. The van der Waals surface area contributed by atoms with Crippen molar-refractivity contribution < 1.29 is 17.9 Å². The number of fused-ring (bicyclic) bond motifs is 2. The summed E-state index contributed by atoms with van der Waals surface area (Å²) in [6.07, 6.45) is -1.25. The highest BCUT2D eigenvalue weighted by Crippen LogP contribution is 2.39. The van der Waals surface area contributed by atoms with Gasteiger partial charge in [0.25, 0.3) is 0 Å². The Labute approximate surface area is 103 Å². The molecule has 3 rings (SSSR count). The van der Waals surface area contributed by atoms with E-state index in [9.17, 15) is 13.2 Å². The van der Waals surface area contributed by atoms with Crippen molar-refractivity contribution in [3.8, 4) is 0 Å². The monoisotopic (exact) mass is 257 g/mol. The third-order valence-corrected chi connectivity index (χ3v) is 3.68. The topological polar surface area (TPSA) is 21.3 Å². The minimum atomic E-state index is -4.32. The van der Waals surface area contributed by atoms with Crippen LogP contribution in [0.5, 0.6) is 0 Å². The molecule has 0 amide bonds. The highest BCUT2D eigenvalue weighted by Gasteiger charge is 2.42. The Bertz CT molecular complexity index is 446. The molecule has 3 atom stereocenters. The second-order valence-electron chi connectivity index (χ2n) is 4.90. The number of benzene rings is 1. The fraction of sp³-hybridized carbons (Fsp3) is 0.538. The summed E-state index contributed by atoms with van der Waals surface area (Å²) in [6, 6.07) is 5.62. The number of rotatable bonds is 2. The van der Waals surface area contributed by atoms with Gasteiger partial charge in [-0.25, -0.2) is 0 Å². The Morgan fingerprint density at radius 3 is 2.56 bits per heavy atom. The van der Waals surface area contributed by atoms with Gasteiger partial charge >= 0.3 is 6.18 Å². The largest absolute Gasteiger partial charge is 0.418 e. The molecular formula is C13H14F3NO. The molecule has 1 aromatic rings. The first-order chi connectivity index (χ1) is 8.54. The van der Waals surface area contributed by atoms with Gasteiger partial charge in [0.1, 0.15) is 0 Å². The normalized spacial score (nSPS) is 30.7. The van der Waals surface area contributed by atoms with Crippen LogP contribution in [0, 0.1) is 0 Å². The van der Waals surface area contributed by atoms with Crippen LogP contribution in [0.4, 0.5) is 18.9 Å². The Morgan fingerprint density at radius 2 is 1.94 bits per heavy atom. The number of alkyl halides is 3.